The van der Waals surface area contributed by atoms with Gasteiger partial charge in [0.25, 0.3) is 0 Å². The van der Waals surface area contributed by atoms with E-state index in [1.54, 1.807) is 6.08 Å². The number of rotatable bonds is 0. The van der Waals surface area contributed by atoms with Crippen molar-refractivity contribution in [1.82, 2.24) is 0 Å². The molecule has 0 radical (unpaired) electrons. The Labute approximate surface area is 122 Å². The molecule has 0 saturated heterocycles. The molecule has 0 aliphatic heterocycles. The van der Waals surface area contributed by atoms with Crippen molar-refractivity contribution < 1.29 is 11.0 Å². The fourth-order valence-corrected chi connectivity index (χ4v) is 5.65. The molecule has 0 spiro atoms. The van der Waals surface area contributed by atoms with Gasteiger partial charge in [-0.2, -0.15) is 0 Å². The molecule has 0 bridgehead atoms. The van der Waals surface area contributed by atoms with E-state index in [0.717, 1.165) is 44.1 Å². The molecule has 0 unspecified atom stereocenters. The second-order valence-electron chi connectivity index (χ2n) is 7.49. The highest BCUT2D eigenvalue weighted by Gasteiger charge is 2.55. The van der Waals surface area contributed by atoms with E-state index in [1.165, 1.54) is 0 Å². The summed E-state index contributed by atoms with van der Waals surface area (Å²) < 4.78 is 9.05. The molecule has 2 heteroatoms. The molecule has 5 atom stereocenters. The van der Waals surface area contributed by atoms with Gasteiger partial charge in [-0.25, -0.2) is 0 Å². The SMILES string of the molecule is [2H][C@]12CCC(=O)C=C1CC[C@@H]1[C@@H]2CC[C@]2(C)C(=O)CC[C@@H]12. The number of hydrogen-bond acceptors (Lipinski definition) is 2. The van der Waals surface area contributed by atoms with E-state index < -0.39 is 5.89 Å². The van der Waals surface area contributed by atoms with Gasteiger partial charge in [0.15, 0.2) is 5.78 Å². The molecular weight excluding hydrogens is 248 g/mol. The minimum absolute atomic E-state index is 0.108. The Bertz CT molecular complexity index is 551. The Morgan fingerprint density at radius 2 is 1.95 bits per heavy atom. The number of carbonyl (C=O) groups excluding carboxylic acids is 2. The van der Waals surface area contributed by atoms with Crippen molar-refractivity contribution in [2.45, 2.75) is 58.3 Å². The van der Waals surface area contributed by atoms with Crippen LogP contribution in [0.1, 0.15) is 59.7 Å². The largest absolute Gasteiger partial charge is 0.299 e. The number of allylic oxidation sites excluding steroid dienone is 1. The summed E-state index contributed by atoms with van der Waals surface area (Å²) >= 11 is 0. The molecule has 20 heavy (non-hydrogen) atoms. The number of fused-ring (bicyclic) bond motifs is 5. The van der Waals surface area contributed by atoms with Crippen LogP contribution >= 0.6 is 0 Å². The number of carbonyl (C=O) groups is 2. The summed E-state index contributed by atoms with van der Waals surface area (Å²) in [6.07, 6.45) is 8.74. The number of Topliss-reactive ketones (excluding diaryl/α,β-unsaturated/α-hetero) is 1. The van der Waals surface area contributed by atoms with Crippen LogP contribution < -0.4 is 0 Å². The van der Waals surface area contributed by atoms with Crippen molar-refractivity contribution in [2.24, 2.45) is 29.1 Å². The molecule has 0 amide bonds. The first-order valence-corrected chi connectivity index (χ1v) is 8.22. The second kappa shape index (κ2) is 4.29. The molecule has 4 aliphatic carbocycles. The van der Waals surface area contributed by atoms with Crippen LogP contribution in [-0.2, 0) is 9.59 Å². The average Bonchev–Trinajstić information content (AvgIpc) is 2.76. The standard InChI is InChI=1S/C18H24O2/c1-18-9-8-14-13-5-3-12(19)10-11(13)2-4-15(14)16(18)6-7-17(18)20/h10,13-16H,2-9H2,1H3/t13-,14+,15+,16-,18-/m0/s1/i13D. The highest BCUT2D eigenvalue weighted by molar-refractivity contribution is 5.91. The van der Waals surface area contributed by atoms with E-state index in [1.807, 2.05) is 0 Å². The van der Waals surface area contributed by atoms with Crippen molar-refractivity contribution in [3.05, 3.63) is 11.6 Å². The Morgan fingerprint density at radius 3 is 2.80 bits per heavy atom. The van der Waals surface area contributed by atoms with Gasteiger partial charge in [0.1, 0.15) is 5.78 Å². The molecular formula is C18H24O2. The first-order valence-electron chi connectivity index (χ1n) is 8.72. The van der Waals surface area contributed by atoms with Crippen molar-refractivity contribution in [3.63, 3.8) is 0 Å². The van der Waals surface area contributed by atoms with Gasteiger partial charge in [0, 0.05) is 19.6 Å². The van der Waals surface area contributed by atoms with E-state index in [9.17, 15) is 9.59 Å². The predicted molar refractivity (Wildman–Crippen MR) is 77.1 cm³/mol. The summed E-state index contributed by atoms with van der Waals surface area (Å²) in [6.45, 7) is 2.18. The molecule has 3 fully saturated rings. The van der Waals surface area contributed by atoms with E-state index in [4.69, 9.17) is 1.37 Å². The predicted octanol–water partition coefficient (Wildman–Crippen LogP) is 3.70. The van der Waals surface area contributed by atoms with Gasteiger partial charge < -0.3 is 0 Å². The molecule has 108 valence electrons. The van der Waals surface area contributed by atoms with Crippen LogP contribution in [0.5, 0.6) is 0 Å². The van der Waals surface area contributed by atoms with Gasteiger partial charge >= 0.3 is 0 Å². The van der Waals surface area contributed by atoms with Crippen LogP contribution in [0.25, 0.3) is 0 Å². The maximum absolute atomic E-state index is 12.3. The molecule has 0 aromatic rings. The van der Waals surface area contributed by atoms with Crippen LogP contribution in [0, 0.1) is 29.1 Å². The summed E-state index contributed by atoms with van der Waals surface area (Å²) in [5.41, 5.74) is 0.983. The molecule has 0 aromatic carbocycles. The molecule has 0 heterocycles. The Balaban J connectivity index is 1.70. The third kappa shape index (κ3) is 1.63. The summed E-state index contributed by atoms with van der Waals surface area (Å²) in [5.74, 6) is 1.55. The summed E-state index contributed by atoms with van der Waals surface area (Å²) in [7, 11) is 0. The highest BCUT2D eigenvalue weighted by atomic mass is 16.1. The van der Waals surface area contributed by atoms with Gasteiger partial charge in [0.2, 0.25) is 0 Å². The fraction of sp³-hybridized carbons (Fsp3) is 0.778. The lowest BCUT2D eigenvalue weighted by Crippen LogP contribution is -2.46. The van der Waals surface area contributed by atoms with Crippen LogP contribution in [0.4, 0.5) is 0 Å². The Kier molecular flexibility index (Phi) is 2.51. The van der Waals surface area contributed by atoms with E-state index in [-0.39, 0.29) is 11.2 Å². The first-order chi connectivity index (χ1) is 9.95. The quantitative estimate of drug-likeness (QED) is 0.674. The minimum atomic E-state index is -0.510. The Hall–Kier alpha value is -0.920. The van der Waals surface area contributed by atoms with Crippen molar-refractivity contribution in [3.8, 4) is 0 Å². The fourth-order valence-electron chi connectivity index (χ4n) is 5.65. The van der Waals surface area contributed by atoms with Crippen molar-refractivity contribution in [2.75, 3.05) is 0 Å². The van der Waals surface area contributed by atoms with Gasteiger partial charge in [-0.1, -0.05) is 12.5 Å². The first kappa shape index (κ1) is 11.7. The summed E-state index contributed by atoms with van der Waals surface area (Å²) in [5, 5.41) is 0. The molecule has 4 rings (SSSR count). The zero-order valence-corrected chi connectivity index (χ0v) is 12.3. The zero-order chi connectivity index (χ0) is 14.8. The lowest BCUT2D eigenvalue weighted by molar-refractivity contribution is -0.131. The summed E-state index contributed by atoms with van der Waals surface area (Å²) in [4.78, 5) is 24.0. The van der Waals surface area contributed by atoms with E-state index >= 15 is 0 Å². The summed E-state index contributed by atoms with van der Waals surface area (Å²) in [6, 6.07) is 0. The van der Waals surface area contributed by atoms with Crippen molar-refractivity contribution in [1.29, 1.82) is 0 Å². The second-order valence-corrected chi connectivity index (χ2v) is 7.49. The third-order valence-electron chi connectivity index (χ3n) is 6.73. The van der Waals surface area contributed by atoms with Crippen molar-refractivity contribution >= 4 is 11.6 Å². The van der Waals surface area contributed by atoms with Gasteiger partial charge in [-0.15, -0.1) is 0 Å². The van der Waals surface area contributed by atoms with Crippen LogP contribution in [0.2, 0.25) is 0 Å². The topological polar surface area (TPSA) is 34.1 Å². The van der Waals surface area contributed by atoms with E-state index in [0.29, 0.717) is 36.4 Å². The Morgan fingerprint density at radius 1 is 1.10 bits per heavy atom. The lowest BCUT2D eigenvalue weighted by Gasteiger charge is -2.52. The van der Waals surface area contributed by atoms with Gasteiger partial charge in [0.05, 0.1) is 0 Å². The average molecular weight is 273 g/mol. The molecule has 0 aromatic heterocycles. The minimum Gasteiger partial charge on any atom is -0.299 e. The van der Waals surface area contributed by atoms with E-state index in [2.05, 4.69) is 6.92 Å². The lowest BCUT2D eigenvalue weighted by atomic mass is 9.52. The molecule has 3 saturated carbocycles. The number of hydrogen-bond donors (Lipinski definition) is 0. The monoisotopic (exact) mass is 273 g/mol. The smallest absolute Gasteiger partial charge is 0.155 e. The third-order valence-corrected chi connectivity index (χ3v) is 6.73. The zero-order valence-electron chi connectivity index (χ0n) is 13.3. The van der Waals surface area contributed by atoms with Crippen LogP contribution in [0.3, 0.4) is 0 Å². The maximum Gasteiger partial charge on any atom is 0.155 e. The normalized spacial score (nSPS) is 51.8. The van der Waals surface area contributed by atoms with Gasteiger partial charge in [-0.05, 0) is 68.2 Å². The molecule has 2 nitrogen and oxygen atoms in total. The highest BCUT2D eigenvalue weighted by Crippen LogP contribution is 2.60. The van der Waals surface area contributed by atoms with Gasteiger partial charge in [-0.3, -0.25) is 9.59 Å². The number of ketones is 2. The van der Waals surface area contributed by atoms with Crippen LogP contribution in [-0.4, -0.2) is 11.6 Å². The maximum atomic E-state index is 12.3. The molecule has 0 N–H and O–H groups in total. The molecule has 4 aliphatic rings. The van der Waals surface area contributed by atoms with Crippen LogP contribution in [0.15, 0.2) is 11.6 Å².